The summed E-state index contributed by atoms with van der Waals surface area (Å²) in [5, 5.41) is 3.77. The molecule has 1 N–H and O–H groups in total. The molecule has 3 aromatic carbocycles. The molecule has 0 unspecified atom stereocenters. The van der Waals surface area contributed by atoms with Crippen LogP contribution >= 0.6 is 0 Å². The van der Waals surface area contributed by atoms with Crippen molar-refractivity contribution < 1.29 is 27.6 Å². The fourth-order valence-electron chi connectivity index (χ4n) is 5.15. The molecule has 0 spiro atoms. The number of carbonyl (C=O) groups excluding carboxylic acids is 2. The van der Waals surface area contributed by atoms with E-state index in [0.29, 0.717) is 44.9 Å². The lowest BCUT2D eigenvalue weighted by Gasteiger charge is -2.18. The van der Waals surface area contributed by atoms with E-state index in [2.05, 4.69) is 10.3 Å². The van der Waals surface area contributed by atoms with Crippen LogP contribution in [0.15, 0.2) is 69.8 Å². The van der Waals surface area contributed by atoms with Crippen LogP contribution in [0, 0.1) is 19.7 Å². The summed E-state index contributed by atoms with van der Waals surface area (Å²) in [7, 11) is 1.53. The smallest absolute Gasteiger partial charge is 0.255 e. The van der Waals surface area contributed by atoms with Gasteiger partial charge in [-0.05, 0) is 91.9 Å². The highest BCUT2D eigenvalue weighted by molar-refractivity contribution is 6.04. The first-order valence-corrected chi connectivity index (χ1v) is 12.5. The van der Waals surface area contributed by atoms with Gasteiger partial charge < -0.3 is 18.9 Å². The number of halogens is 1. The van der Waals surface area contributed by atoms with Crippen molar-refractivity contribution in [2.45, 2.75) is 32.2 Å². The third-order valence-corrected chi connectivity index (χ3v) is 7.35. The van der Waals surface area contributed by atoms with Crippen molar-refractivity contribution in [2.75, 3.05) is 7.11 Å². The van der Waals surface area contributed by atoms with Crippen LogP contribution in [0.4, 0.5) is 4.39 Å². The lowest BCUT2D eigenvalue weighted by Crippen LogP contribution is -2.35. The molecule has 0 aliphatic heterocycles. The number of fused-ring (bicyclic) bond motifs is 1. The number of aryl methyl sites for hydroxylation is 2. The van der Waals surface area contributed by atoms with E-state index >= 15 is 0 Å². The van der Waals surface area contributed by atoms with E-state index in [4.69, 9.17) is 13.6 Å². The number of ether oxygens (including phenoxy) is 1. The summed E-state index contributed by atoms with van der Waals surface area (Å²) in [6.07, 6.45) is 3.68. The van der Waals surface area contributed by atoms with E-state index < -0.39 is 5.54 Å². The SMILES string of the molecule is COc1cc(C)c(-c2ccc3oc(-c4ccc(F)cc4)c(C=O)c3c2)cc1C(=O)NC1(c2ncoc2C)CC1. The maximum Gasteiger partial charge on any atom is 0.255 e. The Labute approximate surface area is 223 Å². The summed E-state index contributed by atoms with van der Waals surface area (Å²) in [5.41, 5.74) is 4.61. The van der Waals surface area contributed by atoms with Gasteiger partial charge >= 0.3 is 0 Å². The Balaban J connectivity index is 1.41. The van der Waals surface area contributed by atoms with E-state index in [1.54, 1.807) is 24.3 Å². The Morgan fingerprint density at radius 1 is 1.08 bits per heavy atom. The number of hydrogen-bond acceptors (Lipinski definition) is 6. The van der Waals surface area contributed by atoms with Gasteiger partial charge in [0.05, 0.1) is 23.8 Å². The molecule has 1 aliphatic rings. The standard InChI is InChI=1S/C31H25FN2O5/c1-17-12-27(37-3)24(30(36)34-31(10-11-31)29-18(2)38-16-33-29)14-22(17)20-6-9-26-23(13-20)25(15-35)28(39-26)19-4-7-21(32)8-5-19/h4-9,12-16H,10-11H2,1-3H3,(H,34,36). The summed E-state index contributed by atoms with van der Waals surface area (Å²) in [6, 6.07) is 15.0. The van der Waals surface area contributed by atoms with Crippen molar-refractivity contribution in [1.82, 2.24) is 10.3 Å². The minimum absolute atomic E-state index is 0.274. The summed E-state index contributed by atoms with van der Waals surface area (Å²) >= 11 is 0. The molecule has 5 aromatic rings. The number of aromatic nitrogens is 1. The normalized spacial score (nSPS) is 13.8. The van der Waals surface area contributed by atoms with E-state index in [9.17, 15) is 14.0 Å². The molecule has 7 nitrogen and oxygen atoms in total. The number of furan rings is 1. The Morgan fingerprint density at radius 2 is 1.82 bits per heavy atom. The van der Waals surface area contributed by atoms with E-state index in [1.807, 2.05) is 32.0 Å². The highest BCUT2D eigenvalue weighted by atomic mass is 19.1. The van der Waals surface area contributed by atoms with Gasteiger partial charge in [0.1, 0.15) is 34.4 Å². The number of aldehydes is 1. The minimum atomic E-state index is -0.546. The van der Waals surface area contributed by atoms with Crippen molar-refractivity contribution in [3.63, 3.8) is 0 Å². The minimum Gasteiger partial charge on any atom is -0.496 e. The monoisotopic (exact) mass is 524 g/mol. The van der Waals surface area contributed by atoms with Gasteiger partial charge in [-0.2, -0.15) is 0 Å². The lowest BCUT2D eigenvalue weighted by molar-refractivity contribution is 0.0926. The third kappa shape index (κ3) is 4.18. The van der Waals surface area contributed by atoms with Crippen LogP contribution in [0.25, 0.3) is 33.4 Å². The predicted octanol–water partition coefficient (Wildman–Crippen LogP) is 6.75. The zero-order valence-electron chi connectivity index (χ0n) is 21.6. The first kappa shape index (κ1) is 24.6. The number of oxazole rings is 1. The van der Waals surface area contributed by atoms with Crippen LogP contribution in [0.3, 0.4) is 0 Å². The molecule has 1 saturated carbocycles. The molecule has 0 atom stereocenters. The summed E-state index contributed by atoms with van der Waals surface area (Å²) in [4.78, 5) is 30.0. The molecule has 39 heavy (non-hydrogen) atoms. The molecule has 6 rings (SSSR count). The molecule has 196 valence electrons. The highest BCUT2D eigenvalue weighted by Gasteiger charge is 2.49. The van der Waals surface area contributed by atoms with Gasteiger partial charge in [0.15, 0.2) is 12.7 Å². The van der Waals surface area contributed by atoms with Gasteiger partial charge in [-0.25, -0.2) is 9.37 Å². The second kappa shape index (κ2) is 9.23. The Kier molecular flexibility index (Phi) is 5.83. The number of nitrogens with zero attached hydrogens (tertiary/aromatic N) is 1. The van der Waals surface area contributed by atoms with E-state index in [0.717, 1.165) is 41.5 Å². The molecule has 8 heteroatoms. The van der Waals surface area contributed by atoms with Crippen molar-refractivity contribution in [3.8, 4) is 28.2 Å². The molecule has 2 aromatic heterocycles. The number of amides is 1. The Hall–Kier alpha value is -4.72. The maximum absolute atomic E-state index is 13.5. The molecular weight excluding hydrogens is 499 g/mol. The van der Waals surface area contributed by atoms with Crippen LogP contribution in [0.5, 0.6) is 5.75 Å². The molecule has 0 bridgehead atoms. The first-order chi connectivity index (χ1) is 18.8. The summed E-state index contributed by atoms with van der Waals surface area (Å²) in [6.45, 7) is 3.77. The number of benzene rings is 3. The van der Waals surface area contributed by atoms with Crippen LogP contribution in [-0.2, 0) is 5.54 Å². The van der Waals surface area contributed by atoms with Gasteiger partial charge in [0.2, 0.25) is 0 Å². The number of methoxy groups -OCH3 is 1. The molecule has 1 fully saturated rings. The molecule has 0 radical (unpaired) electrons. The topological polar surface area (TPSA) is 94.6 Å². The molecule has 1 amide bonds. The summed E-state index contributed by atoms with van der Waals surface area (Å²) in [5.74, 6) is 0.872. The van der Waals surface area contributed by atoms with Crippen molar-refractivity contribution in [3.05, 3.63) is 95.0 Å². The van der Waals surface area contributed by atoms with Gasteiger partial charge in [0, 0.05) is 10.9 Å². The number of hydrogen-bond donors (Lipinski definition) is 1. The molecule has 1 aliphatic carbocycles. The average molecular weight is 525 g/mol. The maximum atomic E-state index is 13.5. The van der Waals surface area contributed by atoms with Crippen LogP contribution in [-0.4, -0.2) is 24.3 Å². The van der Waals surface area contributed by atoms with Crippen molar-refractivity contribution in [1.29, 1.82) is 0 Å². The first-order valence-electron chi connectivity index (χ1n) is 12.5. The van der Waals surface area contributed by atoms with Crippen molar-refractivity contribution >= 4 is 23.2 Å². The van der Waals surface area contributed by atoms with Gasteiger partial charge in [0.25, 0.3) is 5.91 Å². The largest absolute Gasteiger partial charge is 0.496 e. The van der Waals surface area contributed by atoms with Crippen LogP contribution in [0.1, 0.15) is 50.6 Å². The van der Waals surface area contributed by atoms with Crippen molar-refractivity contribution in [2.24, 2.45) is 0 Å². The van der Waals surface area contributed by atoms with E-state index in [1.165, 1.54) is 25.6 Å². The van der Waals surface area contributed by atoms with Crippen LogP contribution < -0.4 is 10.1 Å². The van der Waals surface area contributed by atoms with Gasteiger partial charge in [-0.3, -0.25) is 9.59 Å². The Morgan fingerprint density at radius 3 is 2.46 bits per heavy atom. The highest BCUT2D eigenvalue weighted by Crippen LogP contribution is 2.46. The molecule has 2 heterocycles. The fourth-order valence-corrected chi connectivity index (χ4v) is 5.15. The second-order valence-corrected chi connectivity index (χ2v) is 9.84. The average Bonchev–Trinajstić information content (AvgIpc) is 3.40. The zero-order chi connectivity index (χ0) is 27.3. The van der Waals surface area contributed by atoms with Crippen LogP contribution in [0.2, 0.25) is 0 Å². The summed E-state index contributed by atoms with van der Waals surface area (Å²) < 4.78 is 30.4. The molecule has 0 saturated heterocycles. The number of rotatable bonds is 7. The zero-order valence-corrected chi connectivity index (χ0v) is 21.6. The number of nitrogens with one attached hydrogen (secondary N) is 1. The second-order valence-electron chi connectivity index (χ2n) is 9.84. The van der Waals surface area contributed by atoms with Gasteiger partial charge in [-0.1, -0.05) is 6.07 Å². The predicted molar refractivity (Wildman–Crippen MR) is 143 cm³/mol. The lowest BCUT2D eigenvalue weighted by atomic mass is 9.95. The fraction of sp³-hybridized carbons (Fsp3) is 0.194. The Bertz CT molecular complexity index is 1750. The third-order valence-electron chi connectivity index (χ3n) is 7.35. The quantitative estimate of drug-likeness (QED) is 0.237. The van der Waals surface area contributed by atoms with Gasteiger partial charge in [-0.15, -0.1) is 0 Å². The van der Waals surface area contributed by atoms with E-state index in [-0.39, 0.29) is 11.7 Å². The number of carbonyl (C=O) groups is 2. The molecular formula is C31H25FN2O5.